The van der Waals surface area contributed by atoms with Crippen molar-refractivity contribution < 1.29 is 9.53 Å². The van der Waals surface area contributed by atoms with Crippen LogP contribution in [0.15, 0.2) is 36.0 Å². The zero-order valence-electron chi connectivity index (χ0n) is 14.6. The second kappa shape index (κ2) is 7.29. The summed E-state index contributed by atoms with van der Waals surface area (Å²) < 4.78 is 5.15. The second-order valence-corrected chi connectivity index (χ2v) is 7.00. The van der Waals surface area contributed by atoms with E-state index in [1.54, 1.807) is 12.3 Å². The molecule has 0 atom stereocenters. The molecule has 3 heterocycles. The predicted molar refractivity (Wildman–Crippen MR) is 105 cm³/mol. The van der Waals surface area contributed by atoms with E-state index >= 15 is 0 Å². The second-order valence-electron chi connectivity index (χ2n) is 6.14. The summed E-state index contributed by atoms with van der Waals surface area (Å²) >= 11 is 1.41. The van der Waals surface area contributed by atoms with Gasteiger partial charge in [0.2, 0.25) is 0 Å². The Morgan fingerprint density at radius 2 is 2.00 bits per heavy atom. The fourth-order valence-electron chi connectivity index (χ4n) is 3.20. The fourth-order valence-corrected chi connectivity index (χ4v) is 4.07. The van der Waals surface area contributed by atoms with Crippen LogP contribution in [0.1, 0.15) is 30.1 Å². The van der Waals surface area contributed by atoms with Crippen molar-refractivity contribution in [2.24, 2.45) is 0 Å². The van der Waals surface area contributed by atoms with Crippen LogP contribution in [0.4, 0.5) is 17.2 Å². The van der Waals surface area contributed by atoms with E-state index in [0.717, 1.165) is 23.6 Å². The van der Waals surface area contributed by atoms with Crippen molar-refractivity contribution >= 4 is 44.7 Å². The molecule has 1 aliphatic heterocycles. The summed E-state index contributed by atoms with van der Waals surface area (Å²) in [5.74, 6) is 0.272. The minimum absolute atomic E-state index is 0.338. The zero-order valence-corrected chi connectivity index (χ0v) is 15.4. The monoisotopic (exact) mass is 368 g/mol. The molecule has 2 aromatic heterocycles. The summed E-state index contributed by atoms with van der Waals surface area (Å²) in [6.45, 7) is 4.38. The van der Waals surface area contributed by atoms with Crippen molar-refractivity contribution in [2.45, 2.75) is 19.8 Å². The Morgan fingerprint density at radius 3 is 2.73 bits per heavy atom. The van der Waals surface area contributed by atoms with Crippen LogP contribution in [0.2, 0.25) is 0 Å². The highest BCUT2D eigenvalue weighted by molar-refractivity contribution is 7.17. The highest BCUT2D eigenvalue weighted by Crippen LogP contribution is 2.32. The van der Waals surface area contributed by atoms with Gasteiger partial charge < -0.3 is 15.0 Å². The van der Waals surface area contributed by atoms with Crippen molar-refractivity contribution in [3.8, 4) is 0 Å². The minimum atomic E-state index is -0.346. The first kappa shape index (κ1) is 16.8. The first-order chi connectivity index (χ1) is 12.8. The summed E-state index contributed by atoms with van der Waals surface area (Å²) in [7, 11) is 0. The van der Waals surface area contributed by atoms with Crippen LogP contribution in [-0.2, 0) is 4.74 Å². The summed E-state index contributed by atoms with van der Waals surface area (Å²) in [5.41, 5.74) is 2.67. The lowest BCUT2D eigenvalue weighted by molar-refractivity contribution is 0.0529. The van der Waals surface area contributed by atoms with Gasteiger partial charge in [-0.1, -0.05) is 0 Å². The zero-order chi connectivity index (χ0) is 17.9. The number of carbonyl (C=O) groups is 1. The third-order valence-corrected chi connectivity index (χ3v) is 5.35. The molecule has 3 aromatic rings. The molecule has 1 N–H and O–H groups in total. The number of hydrogen-bond acceptors (Lipinski definition) is 7. The Kier molecular flexibility index (Phi) is 4.71. The lowest BCUT2D eigenvalue weighted by atomic mass is 10.2. The molecule has 134 valence electrons. The van der Waals surface area contributed by atoms with Crippen LogP contribution in [-0.4, -0.2) is 35.6 Å². The van der Waals surface area contributed by atoms with Gasteiger partial charge in [-0.3, -0.25) is 0 Å². The molecular formula is C19H20N4O2S. The maximum absolute atomic E-state index is 12.2. The van der Waals surface area contributed by atoms with Gasteiger partial charge in [-0.2, -0.15) is 0 Å². The van der Waals surface area contributed by atoms with Crippen molar-refractivity contribution in [3.05, 3.63) is 41.5 Å². The molecular weight excluding hydrogens is 348 g/mol. The van der Waals surface area contributed by atoms with Gasteiger partial charge in [0.1, 0.15) is 17.0 Å². The van der Waals surface area contributed by atoms with Crippen LogP contribution >= 0.6 is 11.3 Å². The largest absolute Gasteiger partial charge is 0.462 e. The number of benzene rings is 1. The number of rotatable bonds is 5. The van der Waals surface area contributed by atoms with Gasteiger partial charge in [0, 0.05) is 29.8 Å². The number of nitrogens with zero attached hydrogens (tertiary/aromatic N) is 3. The third kappa shape index (κ3) is 3.22. The summed E-state index contributed by atoms with van der Waals surface area (Å²) in [5, 5.41) is 5.80. The van der Waals surface area contributed by atoms with E-state index in [9.17, 15) is 4.79 Å². The van der Waals surface area contributed by atoms with Crippen LogP contribution in [0.25, 0.3) is 10.2 Å². The van der Waals surface area contributed by atoms with Gasteiger partial charge in [0.05, 0.1) is 17.6 Å². The Bertz CT molecular complexity index is 917. The Labute approximate surface area is 155 Å². The molecule has 6 nitrogen and oxygen atoms in total. The molecule has 0 bridgehead atoms. The molecule has 0 saturated carbocycles. The topological polar surface area (TPSA) is 67.3 Å². The van der Waals surface area contributed by atoms with E-state index < -0.39 is 0 Å². The molecule has 1 fully saturated rings. The normalized spacial score (nSPS) is 14.0. The number of esters is 1. The molecule has 0 amide bonds. The summed E-state index contributed by atoms with van der Waals surface area (Å²) in [4.78, 5) is 24.0. The Morgan fingerprint density at radius 1 is 1.23 bits per heavy atom. The molecule has 0 radical (unpaired) electrons. The summed E-state index contributed by atoms with van der Waals surface area (Å²) in [6.07, 6.45) is 4.02. The number of anilines is 3. The van der Waals surface area contributed by atoms with Crippen LogP contribution in [0.5, 0.6) is 0 Å². The smallest absolute Gasteiger partial charge is 0.339 e. The number of hydrogen-bond donors (Lipinski definition) is 1. The SMILES string of the molecule is CCOC(=O)c1csc2ncnc(Nc3ccc(N4CCCC4)cc3)c12. The number of carbonyl (C=O) groups excluding carboxylic acids is 1. The van der Waals surface area contributed by atoms with Gasteiger partial charge in [-0.25, -0.2) is 14.8 Å². The predicted octanol–water partition coefficient (Wildman–Crippen LogP) is 4.21. The lowest BCUT2D eigenvalue weighted by Crippen LogP contribution is -2.17. The third-order valence-electron chi connectivity index (χ3n) is 4.47. The van der Waals surface area contributed by atoms with Gasteiger partial charge in [0.25, 0.3) is 0 Å². The van der Waals surface area contributed by atoms with E-state index in [4.69, 9.17) is 4.74 Å². The molecule has 0 aliphatic carbocycles. The van der Waals surface area contributed by atoms with Crippen molar-refractivity contribution in [3.63, 3.8) is 0 Å². The maximum atomic E-state index is 12.2. The number of nitrogens with one attached hydrogen (secondary N) is 1. The van der Waals surface area contributed by atoms with Crippen molar-refractivity contribution in [2.75, 3.05) is 29.9 Å². The van der Waals surface area contributed by atoms with Gasteiger partial charge in [-0.05, 0) is 44.0 Å². The minimum Gasteiger partial charge on any atom is -0.462 e. The fraction of sp³-hybridized carbons (Fsp3) is 0.316. The number of ether oxygens (including phenoxy) is 1. The van der Waals surface area contributed by atoms with E-state index in [2.05, 4.69) is 32.3 Å². The maximum Gasteiger partial charge on any atom is 0.339 e. The number of fused-ring (bicyclic) bond motifs is 1. The van der Waals surface area contributed by atoms with E-state index in [1.807, 2.05) is 12.1 Å². The van der Waals surface area contributed by atoms with Crippen LogP contribution in [0, 0.1) is 0 Å². The molecule has 0 unspecified atom stereocenters. The standard InChI is InChI=1S/C19H20N4O2S/c1-2-25-19(24)15-11-26-18-16(15)17(20-12-21-18)22-13-5-7-14(8-6-13)23-9-3-4-10-23/h5-8,11-12H,2-4,9-10H2,1H3,(H,20,21,22). The first-order valence-electron chi connectivity index (χ1n) is 8.77. The summed E-state index contributed by atoms with van der Waals surface area (Å²) in [6, 6.07) is 8.31. The van der Waals surface area contributed by atoms with Gasteiger partial charge in [-0.15, -0.1) is 11.3 Å². The van der Waals surface area contributed by atoms with E-state index in [0.29, 0.717) is 23.4 Å². The Hall–Kier alpha value is -2.67. The first-order valence-corrected chi connectivity index (χ1v) is 9.65. The molecule has 26 heavy (non-hydrogen) atoms. The number of thiophene rings is 1. The van der Waals surface area contributed by atoms with Crippen molar-refractivity contribution in [1.82, 2.24) is 9.97 Å². The molecule has 1 saturated heterocycles. The molecule has 7 heteroatoms. The van der Waals surface area contributed by atoms with Crippen LogP contribution < -0.4 is 10.2 Å². The van der Waals surface area contributed by atoms with Crippen molar-refractivity contribution in [1.29, 1.82) is 0 Å². The molecule has 0 spiro atoms. The van der Waals surface area contributed by atoms with E-state index in [-0.39, 0.29) is 5.97 Å². The average molecular weight is 368 g/mol. The molecule has 1 aliphatic rings. The van der Waals surface area contributed by atoms with E-state index in [1.165, 1.54) is 36.2 Å². The molecule has 4 rings (SSSR count). The Balaban J connectivity index is 1.62. The van der Waals surface area contributed by atoms with Gasteiger partial charge in [0.15, 0.2) is 0 Å². The highest BCUT2D eigenvalue weighted by Gasteiger charge is 2.18. The average Bonchev–Trinajstić information content (AvgIpc) is 3.33. The quantitative estimate of drug-likeness (QED) is 0.681. The highest BCUT2D eigenvalue weighted by atomic mass is 32.1. The van der Waals surface area contributed by atoms with Crippen LogP contribution in [0.3, 0.4) is 0 Å². The number of aromatic nitrogens is 2. The molecule has 1 aromatic carbocycles. The lowest BCUT2D eigenvalue weighted by Gasteiger charge is -2.18. The van der Waals surface area contributed by atoms with Gasteiger partial charge >= 0.3 is 5.97 Å².